The number of imide groups is 1. The fourth-order valence-corrected chi connectivity index (χ4v) is 4.96. The molecule has 2 heterocycles. The highest BCUT2D eigenvalue weighted by Crippen LogP contribution is 2.33. The van der Waals surface area contributed by atoms with E-state index in [4.69, 9.17) is 11.6 Å². The summed E-state index contributed by atoms with van der Waals surface area (Å²) in [5.41, 5.74) is -0.799. The molecule has 0 aromatic heterocycles. The lowest BCUT2D eigenvalue weighted by Gasteiger charge is -2.19. The first-order valence-electron chi connectivity index (χ1n) is 7.87. The molecular weight excluding hydrogens is 382 g/mol. The SMILES string of the molecule is O=C(CN1C(=O)N[C@]2(CCSC2)C1=O)NCCSc1ccc(Cl)cc1. The van der Waals surface area contributed by atoms with Gasteiger partial charge >= 0.3 is 6.03 Å². The number of carbonyl (C=O) groups excluding carboxylic acids is 3. The number of carbonyl (C=O) groups is 3. The van der Waals surface area contributed by atoms with E-state index in [-0.39, 0.29) is 18.4 Å². The molecule has 0 unspecified atom stereocenters. The van der Waals surface area contributed by atoms with Crippen LogP contribution in [-0.4, -0.2) is 58.6 Å². The Morgan fingerprint density at radius 2 is 2.12 bits per heavy atom. The Morgan fingerprint density at radius 1 is 1.36 bits per heavy atom. The standard InChI is InChI=1S/C16H18ClN3O3S2/c17-11-1-3-12(4-2-11)25-8-6-18-13(21)9-20-14(22)16(19-15(20)23)5-7-24-10-16/h1-4H,5-10H2,(H,18,21)(H,19,23)/t16-/m0/s1. The summed E-state index contributed by atoms with van der Waals surface area (Å²) in [6.07, 6.45) is 0.623. The topological polar surface area (TPSA) is 78.5 Å². The first-order valence-corrected chi connectivity index (χ1v) is 10.4. The minimum Gasteiger partial charge on any atom is -0.354 e. The fourth-order valence-electron chi connectivity index (χ4n) is 2.74. The number of urea groups is 1. The first-order chi connectivity index (χ1) is 12.0. The van der Waals surface area contributed by atoms with Gasteiger partial charge in [-0.25, -0.2) is 4.79 Å². The molecule has 9 heteroatoms. The van der Waals surface area contributed by atoms with Crippen molar-refractivity contribution in [2.24, 2.45) is 0 Å². The molecule has 2 N–H and O–H groups in total. The third-order valence-electron chi connectivity index (χ3n) is 4.08. The van der Waals surface area contributed by atoms with Crippen molar-refractivity contribution in [2.45, 2.75) is 16.9 Å². The van der Waals surface area contributed by atoms with E-state index >= 15 is 0 Å². The van der Waals surface area contributed by atoms with E-state index in [1.807, 2.05) is 24.3 Å². The van der Waals surface area contributed by atoms with Gasteiger partial charge in [-0.3, -0.25) is 14.5 Å². The minimum atomic E-state index is -0.799. The Bertz CT molecular complexity index is 678. The Labute approximate surface area is 159 Å². The van der Waals surface area contributed by atoms with Crippen LogP contribution in [0.4, 0.5) is 4.79 Å². The van der Waals surface area contributed by atoms with Crippen LogP contribution in [0.2, 0.25) is 5.02 Å². The average molecular weight is 400 g/mol. The van der Waals surface area contributed by atoms with Crippen LogP contribution in [0.1, 0.15) is 6.42 Å². The zero-order chi connectivity index (χ0) is 17.9. The van der Waals surface area contributed by atoms with Gasteiger partial charge in [-0.1, -0.05) is 11.6 Å². The predicted octanol–water partition coefficient (Wildman–Crippen LogP) is 1.98. The molecule has 1 aromatic rings. The smallest absolute Gasteiger partial charge is 0.325 e. The zero-order valence-corrected chi connectivity index (χ0v) is 15.8. The zero-order valence-electron chi connectivity index (χ0n) is 13.4. The van der Waals surface area contributed by atoms with Crippen molar-refractivity contribution in [3.63, 3.8) is 0 Å². The molecule has 0 radical (unpaired) electrons. The molecule has 2 aliphatic rings. The van der Waals surface area contributed by atoms with Crippen LogP contribution in [0.25, 0.3) is 0 Å². The first kappa shape index (κ1) is 18.4. The molecule has 2 saturated heterocycles. The second kappa shape index (κ2) is 7.88. The van der Waals surface area contributed by atoms with Gasteiger partial charge in [0.1, 0.15) is 12.1 Å². The van der Waals surface area contributed by atoms with Gasteiger partial charge in [0.15, 0.2) is 0 Å². The highest BCUT2D eigenvalue weighted by Gasteiger charge is 2.53. The van der Waals surface area contributed by atoms with Crippen LogP contribution < -0.4 is 10.6 Å². The fraction of sp³-hybridized carbons (Fsp3) is 0.438. The number of rotatable bonds is 6. The summed E-state index contributed by atoms with van der Waals surface area (Å²) in [6, 6.07) is 7.00. The summed E-state index contributed by atoms with van der Waals surface area (Å²) in [6.45, 7) is 0.222. The number of nitrogens with zero attached hydrogens (tertiary/aromatic N) is 1. The van der Waals surface area contributed by atoms with E-state index in [1.54, 1.807) is 23.5 Å². The van der Waals surface area contributed by atoms with Crippen molar-refractivity contribution in [2.75, 3.05) is 30.3 Å². The summed E-state index contributed by atoms with van der Waals surface area (Å²) in [5, 5.41) is 6.18. The third-order valence-corrected chi connectivity index (χ3v) is 6.53. The van der Waals surface area contributed by atoms with E-state index in [0.29, 0.717) is 29.5 Å². The number of halogens is 1. The van der Waals surface area contributed by atoms with Gasteiger partial charge in [0.25, 0.3) is 5.91 Å². The highest BCUT2D eigenvalue weighted by atomic mass is 35.5. The molecule has 2 aliphatic heterocycles. The molecule has 4 amide bonds. The maximum atomic E-state index is 12.5. The average Bonchev–Trinajstić information content (AvgIpc) is 3.14. The van der Waals surface area contributed by atoms with Crippen LogP contribution in [0.5, 0.6) is 0 Å². The Hall–Kier alpha value is -1.38. The van der Waals surface area contributed by atoms with Crippen LogP contribution in [0, 0.1) is 0 Å². The van der Waals surface area contributed by atoms with E-state index < -0.39 is 11.6 Å². The molecule has 0 aliphatic carbocycles. The molecule has 3 rings (SSSR count). The van der Waals surface area contributed by atoms with Crippen molar-refractivity contribution >= 4 is 53.0 Å². The molecule has 134 valence electrons. The number of thioether (sulfide) groups is 2. The lowest BCUT2D eigenvalue weighted by molar-refractivity contribution is -0.134. The van der Waals surface area contributed by atoms with Gasteiger partial charge in [0, 0.05) is 28.0 Å². The van der Waals surface area contributed by atoms with Crippen molar-refractivity contribution < 1.29 is 14.4 Å². The Morgan fingerprint density at radius 3 is 2.80 bits per heavy atom. The molecule has 0 bridgehead atoms. The highest BCUT2D eigenvalue weighted by molar-refractivity contribution is 7.99. The van der Waals surface area contributed by atoms with Gasteiger partial charge in [-0.15, -0.1) is 11.8 Å². The van der Waals surface area contributed by atoms with E-state index in [2.05, 4.69) is 10.6 Å². The molecular formula is C16H18ClN3O3S2. The summed E-state index contributed by atoms with van der Waals surface area (Å²) in [5.74, 6) is 1.49. The second-order valence-corrected chi connectivity index (χ2v) is 8.57. The number of hydrogen-bond acceptors (Lipinski definition) is 5. The number of nitrogens with one attached hydrogen (secondary N) is 2. The summed E-state index contributed by atoms with van der Waals surface area (Å²) >= 11 is 9.06. The molecule has 1 aromatic carbocycles. The molecule has 1 spiro atoms. The summed E-state index contributed by atoms with van der Waals surface area (Å²) in [7, 11) is 0. The summed E-state index contributed by atoms with van der Waals surface area (Å²) < 4.78 is 0. The quantitative estimate of drug-likeness (QED) is 0.434. The van der Waals surface area contributed by atoms with Gasteiger partial charge in [0.05, 0.1) is 0 Å². The third kappa shape index (κ3) is 4.24. The van der Waals surface area contributed by atoms with Gasteiger partial charge in [-0.05, 0) is 36.4 Å². The van der Waals surface area contributed by atoms with Crippen LogP contribution >= 0.6 is 35.1 Å². The lowest BCUT2D eigenvalue weighted by Crippen LogP contribution is -2.47. The van der Waals surface area contributed by atoms with Gasteiger partial charge in [-0.2, -0.15) is 11.8 Å². The van der Waals surface area contributed by atoms with E-state index in [9.17, 15) is 14.4 Å². The second-order valence-electron chi connectivity index (χ2n) is 5.86. The largest absolute Gasteiger partial charge is 0.354 e. The van der Waals surface area contributed by atoms with Crippen molar-refractivity contribution in [3.8, 4) is 0 Å². The number of hydrogen-bond donors (Lipinski definition) is 2. The van der Waals surface area contributed by atoms with Crippen molar-refractivity contribution in [1.82, 2.24) is 15.5 Å². The molecule has 25 heavy (non-hydrogen) atoms. The lowest BCUT2D eigenvalue weighted by atomic mass is 9.99. The van der Waals surface area contributed by atoms with Gasteiger partial charge in [0.2, 0.25) is 5.91 Å². The van der Waals surface area contributed by atoms with Gasteiger partial charge < -0.3 is 10.6 Å². The minimum absolute atomic E-state index is 0.233. The predicted molar refractivity (Wildman–Crippen MR) is 100 cm³/mol. The molecule has 2 fully saturated rings. The van der Waals surface area contributed by atoms with Crippen molar-refractivity contribution in [3.05, 3.63) is 29.3 Å². The number of benzene rings is 1. The molecule has 0 saturated carbocycles. The monoisotopic (exact) mass is 399 g/mol. The Kier molecular flexibility index (Phi) is 5.81. The van der Waals surface area contributed by atoms with Crippen LogP contribution in [-0.2, 0) is 9.59 Å². The number of amides is 4. The van der Waals surface area contributed by atoms with Crippen LogP contribution in [0.3, 0.4) is 0 Å². The van der Waals surface area contributed by atoms with E-state index in [1.165, 1.54) is 0 Å². The summed E-state index contributed by atoms with van der Waals surface area (Å²) in [4.78, 5) is 38.6. The molecule has 6 nitrogen and oxygen atoms in total. The maximum Gasteiger partial charge on any atom is 0.325 e. The van der Waals surface area contributed by atoms with Crippen LogP contribution in [0.15, 0.2) is 29.2 Å². The molecule has 1 atom stereocenters. The van der Waals surface area contributed by atoms with E-state index in [0.717, 1.165) is 15.5 Å². The van der Waals surface area contributed by atoms with Crippen molar-refractivity contribution in [1.29, 1.82) is 0 Å². The normalized spacial score (nSPS) is 22.5. The maximum absolute atomic E-state index is 12.5. The Balaban J connectivity index is 1.42.